The molecule has 74 valence electrons. The van der Waals surface area contributed by atoms with Crippen LogP contribution in [0.5, 0.6) is 0 Å². The van der Waals surface area contributed by atoms with Crippen molar-refractivity contribution >= 4 is 15.7 Å². The largest absolute Gasteiger partial charge is 0.382 e. The SMILES string of the molecule is Cc1cc(N)nn1CCS(C)(=O)=O. The second-order valence-corrected chi connectivity index (χ2v) is 5.32. The van der Waals surface area contributed by atoms with Crippen LogP contribution in [0.4, 0.5) is 5.82 Å². The fourth-order valence-electron chi connectivity index (χ4n) is 1.01. The van der Waals surface area contributed by atoms with E-state index in [1.807, 2.05) is 6.92 Å². The lowest BCUT2D eigenvalue weighted by Gasteiger charge is -2.01. The molecule has 0 aliphatic heterocycles. The Balaban J connectivity index is 2.70. The molecule has 1 aromatic rings. The fraction of sp³-hybridized carbons (Fsp3) is 0.571. The highest BCUT2D eigenvalue weighted by molar-refractivity contribution is 7.90. The second-order valence-electron chi connectivity index (χ2n) is 3.06. The summed E-state index contributed by atoms with van der Waals surface area (Å²) in [6, 6.07) is 1.71. The highest BCUT2D eigenvalue weighted by Gasteiger charge is 2.05. The standard InChI is InChI=1S/C7H13N3O2S/c1-6-5-7(8)9-10(6)3-4-13(2,11)12/h5H,3-4H2,1-2H3,(H2,8,9). The summed E-state index contributed by atoms with van der Waals surface area (Å²) in [6.07, 6.45) is 1.20. The average Bonchev–Trinajstić information content (AvgIpc) is 2.24. The van der Waals surface area contributed by atoms with Gasteiger partial charge in [-0.2, -0.15) is 5.10 Å². The maximum Gasteiger partial charge on any atom is 0.149 e. The first-order valence-electron chi connectivity index (χ1n) is 3.86. The van der Waals surface area contributed by atoms with Gasteiger partial charge in [0.1, 0.15) is 15.7 Å². The van der Waals surface area contributed by atoms with Gasteiger partial charge in [-0.15, -0.1) is 0 Å². The molecule has 0 aromatic carbocycles. The number of sulfone groups is 1. The van der Waals surface area contributed by atoms with Crippen LogP contribution in [0.2, 0.25) is 0 Å². The Bertz CT molecular complexity index is 394. The van der Waals surface area contributed by atoms with Crippen molar-refractivity contribution < 1.29 is 8.42 Å². The Hall–Kier alpha value is -1.04. The van der Waals surface area contributed by atoms with E-state index in [1.54, 1.807) is 10.7 Å². The average molecular weight is 203 g/mol. The summed E-state index contributed by atoms with van der Waals surface area (Å²) in [4.78, 5) is 0. The van der Waals surface area contributed by atoms with Crippen LogP contribution in [-0.4, -0.2) is 30.2 Å². The van der Waals surface area contributed by atoms with Gasteiger partial charge in [-0.1, -0.05) is 0 Å². The van der Waals surface area contributed by atoms with Crippen molar-refractivity contribution in [3.05, 3.63) is 11.8 Å². The molecular weight excluding hydrogens is 190 g/mol. The predicted octanol–water partition coefficient (Wildman–Crippen LogP) is -0.182. The molecule has 0 amide bonds. The van der Waals surface area contributed by atoms with Gasteiger partial charge in [-0.05, 0) is 6.92 Å². The number of aromatic nitrogens is 2. The maximum absolute atomic E-state index is 10.9. The van der Waals surface area contributed by atoms with Crippen LogP contribution in [0.25, 0.3) is 0 Å². The van der Waals surface area contributed by atoms with E-state index < -0.39 is 9.84 Å². The summed E-state index contributed by atoms with van der Waals surface area (Å²) < 4.78 is 23.3. The number of nitrogens with two attached hydrogens (primary N) is 1. The van der Waals surface area contributed by atoms with Gasteiger partial charge in [0.15, 0.2) is 0 Å². The van der Waals surface area contributed by atoms with Crippen LogP contribution in [0, 0.1) is 6.92 Å². The predicted molar refractivity (Wildman–Crippen MR) is 51.1 cm³/mol. The number of aryl methyl sites for hydroxylation is 2. The lowest BCUT2D eigenvalue weighted by Crippen LogP contribution is -2.13. The normalized spacial score (nSPS) is 11.8. The number of anilines is 1. The van der Waals surface area contributed by atoms with E-state index in [4.69, 9.17) is 5.73 Å². The molecule has 1 aromatic heterocycles. The van der Waals surface area contributed by atoms with E-state index in [0.29, 0.717) is 12.4 Å². The molecule has 6 heteroatoms. The third kappa shape index (κ3) is 3.06. The molecule has 0 aliphatic carbocycles. The van der Waals surface area contributed by atoms with E-state index in [2.05, 4.69) is 5.10 Å². The zero-order valence-electron chi connectivity index (χ0n) is 7.69. The molecule has 0 spiro atoms. The third-order valence-corrected chi connectivity index (χ3v) is 2.60. The Morgan fingerprint density at radius 3 is 2.62 bits per heavy atom. The molecule has 0 saturated heterocycles. The van der Waals surface area contributed by atoms with Crippen LogP contribution in [0.15, 0.2) is 6.07 Å². The van der Waals surface area contributed by atoms with Crippen LogP contribution in [0.3, 0.4) is 0 Å². The minimum Gasteiger partial charge on any atom is -0.382 e. The number of hydrogen-bond donors (Lipinski definition) is 1. The van der Waals surface area contributed by atoms with Gasteiger partial charge in [-0.3, -0.25) is 4.68 Å². The Kier molecular flexibility index (Phi) is 2.60. The molecule has 0 unspecified atom stereocenters. The lowest BCUT2D eigenvalue weighted by molar-refractivity contribution is 0.583. The van der Waals surface area contributed by atoms with Crippen LogP contribution in [0.1, 0.15) is 5.69 Å². The number of nitrogen functional groups attached to an aromatic ring is 1. The van der Waals surface area contributed by atoms with Crippen molar-refractivity contribution in [3.63, 3.8) is 0 Å². The Morgan fingerprint density at radius 1 is 1.62 bits per heavy atom. The van der Waals surface area contributed by atoms with Crippen molar-refractivity contribution in [2.24, 2.45) is 0 Å². The van der Waals surface area contributed by atoms with Gasteiger partial charge in [0.25, 0.3) is 0 Å². The molecule has 1 heterocycles. The molecule has 5 nitrogen and oxygen atoms in total. The lowest BCUT2D eigenvalue weighted by atomic mass is 10.5. The molecule has 0 atom stereocenters. The Morgan fingerprint density at radius 2 is 2.23 bits per heavy atom. The first-order valence-corrected chi connectivity index (χ1v) is 5.92. The zero-order chi connectivity index (χ0) is 10.1. The van der Waals surface area contributed by atoms with Crippen molar-refractivity contribution in [2.75, 3.05) is 17.7 Å². The van der Waals surface area contributed by atoms with Gasteiger partial charge in [0, 0.05) is 18.0 Å². The Labute approximate surface area is 77.5 Å². The third-order valence-electron chi connectivity index (χ3n) is 1.67. The van der Waals surface area contributed by atoms with Crippen LogP contribution < -0.4 is 5.73 Å². The molecule has 0 fully saturated rings. The van der Waals surface area contributed by atoms with Gasteiger partial charge in [0.05, 0.1) is 12.3 Å². The van der Waals surface area contributed by atoms with Crippen molar-refractivity contribution in [2.45, 2.75) is 13.5 Å². The van der Waals surface area contributed by atoms with Crippen LogP contribution >= 0.6 is 0 Å². The highest BCUT2D eigenvalue weighted by atomic mass is 32.2. The minimum atomic E-state index is -2.93. The number of nitrogens with zero attached hydrogens (tertiary/aromatic N) is 2. The van der Waals surface area contributed by atoms with Gasteiger partial charge in [-0.25, -0.2) is 8.42 Å². The monoisotopic (exact) mass is 203 g/mol. The summed E-state index contributed by atoms with van der Waals surface area (Å²) >= 11 is 0. The van der Waals surface area contributed by atoms with E-state index in [9.17, 15) is 8.42 Å². The molecule has 1 rings (SSSR count). The van der Waals surface area contributed by atoms with Gasteiger partial charge >= 0.3 is 0 Å². The molecule has 0 radical (unpaired) electrons. The summed E-state index contributed by atoms with van der Waals surface area (Å²) in [5.41, 5.74) is 6.31. The molecule has 0 saturated carbocycles. The summed E-state index contributed by atoms with van der Waals surface area (Å²) in [5.74, 6) is 0.514. The highest BCUT2D eigenvalue weighted by Crippen LogP contribution is 2.04. The van der Waals surface area contributed by atoms with Crippen LogP contribution in [-0.2, 0) is 16.4 Å². The van der Waals surface area contributed by atoms with Gasteiger partial charge < -0.3 is 5.73 Å². The quantitative estimate of drug-likeness (QED) is 0.739. The topological polar surface area (TPSA) is 78.0 Å². The molecule has 0 bridgehead atoms. The van der Waals surface area contributed by atoms with E-state index >= 15 is 0 Å². The number of hydrogen-bond acceptors (Lipinski definition) is 4. The minimum absolute atomic E-state index is 0.0922. The second kappa shape index (κ2) is 3.37. The van der Waals surface area contributed by atoms with Crippen molar-refractivity contribution in [3.8, 4) is 0 Å². The summed E-state index contributed by atoms with van der Waals surface area (Å²) in [5, 5.41) is 3.94. The summed E-state index contributed by atoms with van der Waals surface area (Å²) in [6.45, 7) is 2.20. The van der Waals surface area contributed by atoms with Crippen molar-refractivity contribution in [1.29, 1.82) is 0 Å². The first kappa shape index (κ1) is 10.0. The molecule has 2 N–H and O–H groups in total. The van der Waals surface area contributed by atoms with Crippen molar-refractivity contribution in [1.82, 2.24) is 9.78 Å². The van der Waals surface area contributed by atoms with E-state index in [-0.39, 0.29) is 5.75 Å². The first-order chi connectivity index (χ1) is 5.88. The molecule has 0 aliphatic rings. The maximum atomic E-state index is 10.9. The van der Waals surface area contributed by atoms with Gasteiger partial charge in [0.2, 0.25) is 0 Å². The smallest absolute Gasteiger partial charge is 0.149 e. The molecular formula is C7H13N3O2S. The van der Waals surface area contributed by atoms with E-state index in [1.165, 1.54) is 6.26 Å². The summed E-state index contributed by atoms with van der Waals surface area (Å²) in [7, 11) is -2.93. The molecule has 13 heavy (non-hydrogen) atoms. The zero-order valence-corrected chi connectivity index (χ0v) is 8.50. The fourth-order valence-corrected chi connectivity index (χ4v) is 1.52. The van der Waals surface area contributed by atoms with E-state index in [0.717, 1.165) is 5.69 Å². The number of rotatable bonds is 3.